The van der Waals surface area contributed by atoms with Crippen LogP contribution in [0, 0.1) is 6.92 Å². The van der Waals surface area contributed by atoms with Crippen molar-refractivity contribution in [1.29, 1.82) is 0 Å². The number of benzene rings is 3. The number of hydrogen-bond donors (Lipinski definition) is 1. The van der Waals surface area contributed by atoms with Crippen LogP contribution in [-0.2, 0) is 34.0 Å². The van der Waals surface area contributed by atoms with Crippen LogP contribution in [0.1, 0.15) is 47.4 Å². The van der Waals surface area contributed by atoms with Crippen molar-refractivity contribution in [3.63, 3.8) is 0 Å². The number of nitrogens with zero attached hydrogens (tertiary/aromatic N) is 1. The molecule has 1 saturated heterocycles. The number of piperidine rings is 1. The van der Waals surface area contributed by atoms with Gasteiger partial charge < -0.3 is 33.6 Å². The molecule has 0 amide bonds. The lowest BCUT2D eigenvalue weighted by Gasteiger charge is -2.32. The maximum Gasteiger partial charge on any atom is 0.124 e. The van der Waals surface area contributed by atoms with Crippen LogP contribution in [0.2, 0.25) is 0 Å². The summed E-state index contributed by atoms with van der Waals surface area (Å²) in [5, 5.41) is 4.84. The first-order valence-corrected chi connectivity index (χ1v) is 15.5. The summed E-state index contributed by atoms with van der Waals surface area (Å²) in [6.45, 7) is 8.14. The van der Waals surface area contributed by atoms with Gasteiger partial charge in [0.2, 0.25) is 0 Å². The average molecular weight is 587 g/mol. The summed E-state index contributed by atoms with van der Waals surface area (Å²) in [4.78, 5) is 0. The fourth-order valence-electron chi connectivity index (χ4n) is 5.93. The van der Waals surface area contributed by atoms with E-state index in [1.165, 1.54) is 27.6 Å². The molecule has 0 saturated carbocycles. The van der Waals surface area contributed by atoms with E-state index in [4.69, 9.17) is 23.7 Å². The fourth-order valence-corrected chi connectivity index (χ4v) is 5.93. The minimum atomic E-state index is 0.117. The molecule has 0 radical (unpaired) electrons. The highest BCUT2D eigenvalue weighted by Crippen LogP contribution is 2.30. The number of aryl methyl sites for hydroxylation is 2. The van der Waals surface area contributed by atoms with E-state index in [1.807, 2.05) is 24.3 Å². The maximum absolute atomic E-state index is 6.56. The zero-order valence-electron chi connectivity index (χ0n) is 25.8. The zero-order valence-corrected chi connectivity index (χ0v) is 25.8. The minimum absolute atomic E-state index is 0.117. The van der Waals surface area contributed by atoms with Crippen LogP contribution >= 0.6 is 0 Å². The standard InChI is InChI=1S/C36H46N2O5/c1-27-24-38(18-6-19-39-2)34-22-28(10-15-32(27)34)25-43-36-23-37-17-16-33(36)29-11-13-31(14-12-29)42-21-7-20-41-26-30-8-4-5-9-35(30)40-3/h4-5,8-15,22,24,33,36-37H,6-7,16-21,23,25-26H2,1-3H3/t33-,36+/m1/s1. The summed E-state index contributed by atoms with van der Waals surface area (Å²) in [6.07, 6.45) is 5.24. The van der Waals surface area contributed by atoms with Crippen LogP contribution < -0.4 is 14.8 Å². The molecule has 7 heteroatoms. The molecule has 3 aromatic carbocycles. The van der Waals surface area contributed by atoms with Crippen LogP contribution in [0.4, 0.5) is 0 Å². The summed E-state index contributed by atoms with van der Waals surface area (Å²) in [5.74, 6) is 2.09. The average Bonchev–Trinajstić information content (AvgIpc) is 3.36. The SMILES string of the molecule is COCCCn1cc(C)c2ccc(CO[C@H]3CNCC[C@@H]3c3ccc(OCCCOCc4ccccc4OC)cc3)cc21. The van der Waals surface area contributed by atoms with Crippen LogP contribution in [0.3, 0.4) is 0 Å². The summed E-state index contributed by atoms with van der Waals surface area (Å²) in [5.41, 5.74) is 6.14. The van der Waals surface area contributed by atoms with Gasteiger partial charge in [0.1, 0.15) is 11.5 Å². The van der Waals surface area contributed by atoms with Gasteiger partial charge in [0, 0.05) is 61.8 Å². The van der Waals surface area contributed by atoms with Crippen molar-refractivity contribution in [2.24, 2.45) is 0 Å². The Morgan fingerprint density at radius 1 is 0.907 bits per heavy atom. The van der Waals surface area contributed by atoms with E-state index in [2.05, 4.69) is 65.5 Å². The number of aromatic nitrogens is 1. The van der Waals surface area contributed by atoms with Crippen molar-refractivity contribution in [1.82, 2.24) is 9.88 Å². The van der Waals surface area contributed by atoms with Gasteiger partial charge in [-0.25, -0.2) is 0 Å². The second-order valence-corrected chi connectivity index (χ2v) is 11.3. The molecule has 43 heavy (non-hydrogen) atoms. The van der Waals surface area contributed by atoms with Crippen LogP contribution in [-0.4, -0.2) is 57.8 Å². The van der Waals surface area contributed by atoms with E-state index in [9.17, 15) is 0 Å². The van der Waals surface area contributed by atoms with Gasteiger partial charge in [0.15, 0.2) is 0 Å². The van der Waals surface area contributed by atoms with E-state index < -0.39 is 0 Å². The first-order chi connectivity index (χ1) is 21.2. The van der Waals surface area contributed by atoms with Crippen molar-refractivity contribution >= 4 is 10.9 Å². The van der Waals surface area contributed by atoms with Gasteiger partial charge in [-0.05, 0) is 67.3 Å². The van der Waals surface area contributed by atoms with Gasteiger partial charge in [-0.2, -0.15) is 0 Å². The normalized spacial score (nSPS) is 16.9. The smallest absolute Gasteiger partial charge is 0.124 e. The van der Waals surface area contributed by atoms with Gasteiger partial charge >= 0.3 is 0 Å². The topological polar surface area (TPSA) is 63.1 Å². The third-order valence-corrected chi connectivity index (χ3v) is 8.24. The van der Waals surface area contributed by atoms with Crippen molar-refractivity contribution in [3.8, 4) is 11.5 Å². The molecule has 0 spiro atoms. The van der Waals surface area contributed by atoms with Crippen molar-refractivity contribution in [3.05, 3.63) is 95.2 Å². The predicted molar refractivity (Wildman–Crippen MR) is 171 cm³/mol. The van der Waals surface area contributed by atoms with Gasteiger partial charge in [-0.15, -0.1) is 0 Å². The Morgan fingerprint density at radius 3 is 2.60 bits per heavy atom. The zero-order chi connectivity index (χ0) is 29.9. The van der Waals surface area contributed by atoms with Gasteiger partial charge in [-0.3, -0.25) is 0 Å². The quantitative estimate of drug-likeness (QED) is 0.149. The van der Waals surface area contributed by atoms with Crippen LogP contribution in [0.5, 0.6) is 11.5 Å². The Hall–Kier alpha value is -3.36. The highest BCUT2D eigenvalue weighted by molar-refractivity contribution is 5.84. The second kappa shape index (κ2) is 15.9. The molecular weight excluding hydrogens is 540 g/mol. The third kappa shape index (κ3) is 8.39. The predicted octanol–water partition coefficient (Wildman–Crippen LogP) is 6.64. The Labute approximate surface area is 256 Å². The monoisotopic (exact) mass is 586 g/mol. The largest absolute Gasteiger partial charge is 0.496 e. The highest BCUT2D eigenvalue weighted by Gasteiger charge is 2.27. The first kappa shape index (κ1) is 31.1. The van der Waals surface area contributed by atoms with Crippen LogP contribution in [0.25, 0.3) is 10.9 Å². The van der Waals surface area contributed by atoms with Crippen LogP contribution in [0.15, 0.2) is 72.9 Å². The van der Waals surface area contributed by atoms with Crippen molar-refractivity contribution in [2.75, 3.05) is 47.1 Å². The number of nitrogens with one attached hydrogen (secondary N) is 1. The number of para-hydroxylation sites is 1. The molecule has 0 aliphatic carbocycles. The van der Waals surface area contributed by atoms with Gasteiger partial charge in [0.05, 0.1) is 39.6 Å². The molecule has 5 rings (SSSR count). The number of methoxy groups -OCH3 is 2. The Balaban J connectivity index is 1.10. The minimum Gasteiger partial charge on any atom is -0.496 e. The van der Waals surface area contributed by atoms with Crippen molar-refractivity contribution < 1.29 is 23.7 Å². The van der Waals surface area contributed by atoms with E-state index >= 15 is 0 Å². The Kier molecular flexibility index (Phi) is 11.5. The molecule has 0 bridgehead atoms. The van der Waals surface area contributed by atoms with E-state index in [0.717, 1.165) is 62.6 Å². The molecule has 230 valence electrons. The van der Waals surface area contributed by atoms with E-state index in [1.54, 1.807) is 14.2 Å². The molecule has 7 nitrogen and oxygen atoms in total. The molecule has 4 aromatic rings. The molecule has 0 unspecified atom stereocenters. The number of hydrogen-bond acceptors (Lipinski definition) is 6. The van der Waals surface area contributed by atoms with Crippen molar-refractivity contribution in [2.45, 2.75) is 58.0 Å². The highest BCUT2D eigenvalue weighted by atomic mass is 16.5. The number of fused-ring (bicyclic) bond motifs is 1. The Morgan fingerprint density at radius 2 is 1.77 bits per heavy atom. The Bertz CT molecular complexity index is 1420. The third-order valence-electron chi connectivity index (χ3n) is 8.24. The molecule has 1 fully saturated rings. The second-order valence-electron chi connectivity index (χ2n) is 11.3. The molecule has 1 aromatic heterocycles. The maximum atomic E-state index is 6.56. The number of ether oxygens (including phenoxy) is 5. The van der Waals surface area contributed by atoms with E-state index in [-0.39, 0.29) is 6.10 Å². The lowest BCUT2D eigenvalue weighted by molar-refractivity contribution is 0.0106. The van der Waals surface area contributed by atoms with Gasteiger partial charge in [-0.1, -0.05) is 42.5 Å². The molecule has 1 N–H and O–H groups in total. The van der Waals surface area contributed by atoms with Gasteiger partial charge in [0.25, 0.3) is 0 Å². The summed E-state index contributed by atoms with van der Waals surface area (Å²) < 4.78 is 31.4. The summed E-state index contributed by atoms with van der Waals surface area (Å²) in [7, 11) is 3.44. The molecular formula is C36H46N2O5. The molecule has 2 heterocycles. The lowest BCUT2D eigenvalue weighted by Crippen LogP contribution is -2.40. The number of rotatable bonds is 16. The molecule has 1 aliphatic heterocycles. The summed E-state index contributed by atoms with van der Waals surface area (Å²) >= 11 is 0. The molecule has 1 aliphatic rings. The van der Waals surface area contributed by atoms with E-state index in [0.29, 0.717) is 32.3 Å². The fraction of sp³-hybridized carbons (Fsp3) is 0.444. The lowest BCUT2D eigenvalue weighted by atomic mass is 9.87. The first-order valence-electron chi connectivity index (χ1n) is 15.5. The molecule has 2 atom stereocenters. The summed E-state index contributed by atoms with van der Waals surface area (Å²) in [6, 6.07) is 23.2.